The summed E-state index contributed by atoms with van der Waals surface area (Å²) in [5.41, 5.74) is 10.8. The summed E-state index contributed by atoms with van der Waals surface area (Å²) in [6, 6.07) is 12.5. The molecular formula is C26H27N3O4. The maximum atomic E-state index is 12.0. The van der Waals surface area contributed by atoms with Crippen molar-refractivity contribution in [3.8, 4) is 11.5 Å². The van der Waals surface area contributed by atoms with Crippen LogP contribution in [0.25, 0.3) is 16.5 Å². The minimum atomic E-state index is -0.821. The van der Waals surface area contributed by atoms with Gasteiger partial charge in [-0.25, -0.2) is 4.79 Å². The van der Waals surface area contributed by atoms with Gasteiger partial charge in [-0.3, -0.25) is 4.90 Å². The molecule has 2 aromatic carbocycles. The number of aromatic nitrogens is 1. The van der Waals surface area contributed by atoms with Gasteiger partial charge in [0.05, 0.1) is 0 Å². The Labute approximate surface area is 192 Å². The highest BCUT2D eigenvalue weighted by molar-refractivity contribution is 5.98. The third kappa shape index (κ3) is 3.26. The van der Waals surface area contributed by atoms with Crippen LogP contribution in [0.4, 0.5) is 4.79 Å². The fraction of sp³-hybridized carbons (Fsp3) is 0.346. The molecule has 6 rings (SSSR count). The molecule has 1 aromatic heterocycles. The van der Waals surface area contributed by atoms with E-state index >= 15 is 0 Å². The van der Waals surface area contributed by atoms with Crippen molar-refractivity contribution in [2.24, 2.45) is 11.7 Å². The number of nitrogens with two attached hydrogens (primary N) is 1. The topological polar surface area (TPSA) is 89.8 Å². The van der Waals surface area contributed by atoms with Crippen molar-refractivity contribution >= 4 is 22.6 Å². The van der Waals surface area contributed by atoms with E-state index in [9.17, 15) is 4.79 Å². The number of nitrogens with one attached hydrogen (secondary N) is 1. The van der Waals surface area contributed by atoms with Gasteiger partial charge in [-0.15, -0.1) is 0 Å². The van der Waals surface area contributed by atoms with Gasteiger partial charge in [0, 0.05) is 42.0 Å². The molecule has 33 heavy (non-hydrogen) atoms. The van der Waals surface area contributed by atoms with E-state index < -0.39 is 11.7 Å². The smallest absolute Gasteiger partial charge is 0.405 e. The van der Waals surface area contributed by atoms with Gasteiger partial charge in [-0.05, 0) is 60.9 Å². The van der Waals surface area contributed by atoms with Crippen LogP contribution in [0.1, 0.15) is 23.6 Å². The standard InChI is InChI=1S/C26H27N3O4/c1-26(33-25(27)30,11-15-6-7-22-23(8-15)32-14-31-22)17-10-19-18-4-3-5-20-24(18)16(12-28-20)9-21(19)29(2)13-17/h3-8,10,12,17,21,28H,9,11,13-14H2,1-2H3,(H2,27,30)/t17-,21-,26?/m1/s1. The molecule has 2 aliphatic heterocycles. The van der Waals surface area contributed by atoms with E-state index in [0.29, 0.717) is 18.2 Å². The van der Waals surface area contributed by atoms with Crippen LogP contribution in [0.15, 0.2) is 48.7 Å². The van der Waals surface area contributed by atoms with Crippen LogP contribution in [0.3, 0.4) is 0 Å². The number of hydrogen-bond acceptors (Lipinski definition) is 5. The van der Waals surface area contributed by atoms with Gasteiger partial charge >= 0.3 is 6.09 Å². The molecule has 3 N–H and O–H groups in total. The van der Waals surface area contributed by atoms with E-state index in [1.807, 2.05) is 25.1 Å². The van der Waals surface area contributed by atoms with Gasteiger partial charge in [0.15, 0.2) is 11.5 Å². The molecule has 3 heterocycles. The molecule has 1 amide bonds. The summed E-state index contributed by atoms with van der Waals surface area (Å²) in [4.78, 5) is 17.8. The number of carbonyl (C=O) groups is 1. The van der Waals surface area contributed by atoms with Gasteiger partial charge in [0.1, 0.15) is 5.60 Å². The van der Waals surface area contributed by atoms with Crippen molar-refractivity contribution < 1.29 is 19.0 Å². The zero-order valence-electron chi connectivity index (χ0n) is 18.8. The Bertz CT molecular complexity index is 1300. The molecule has 3 aromatic rings. The first-order valence-corrected chi connectivity index (χ1v) is 11.3. The third-order valence-corrected chi connectivity index (χ3v) is 7.38. The first-order chi connectivity index (χ1) is 15.9. The van der Waals surface area contributed by atoms with Gasteiger partial charge in [0.25, 0.3) is 0 Å². The highest BCUT2D eigenvalue weighted by Crippen LogP contribution is 2.44. The highest BCUT2D eigenvalue weighted by atomic mass is 16.7. The molecular weight excluding hydrogens is 418 g/mol. The van der Waals surface area contributed by atoms with Gasteiger partial charge in [0.2, 0.25) is 6.79 Å². The lowest BCUT2D eigenvalue weighted by Crippen LogP contribution is -2.52. The predicted octanol–water partition coefficient (Wildman–Crippen LogP) is 3.86. The second-order valence-corrected chi connectivity index (χ2v) is 9.53. The zero-order valence-corrected chi connectivity index (χ0v) is 18.8. The largest absolute Gasteiger partial charge is 0.454 e. The average Bonchev–Trinajstić information content (AvgIpc) is 3.41. The Morgan fingerprint density at radius 2 is 2.12 bits per heavy atom. The number of aromatic amines is 1. The van der Waals surface area contributed by atoms with Gasteiger partial charge in [-0.1, -0.05) is 24.3 Å². The molecule has 3 atom stereocenters. The molecule has 7 nitrogen and oxygen atoms in total. The number of fused-ring (bicyclic) bond motifs is 3. The van der Waals surface area contributed by atoms with Crippen LogP contribution >= 0.6 is 0 Å². The Morgan fingerprint density at radius 1 is 1.27 bits per heavy atom. The maximum Gasteiger partial charge on any atom is 0.405 e. The Balaban J connectivity index is 1.41. The Hall–Kier alpha value is -3.45. The number of amides is 1. The van der Waals surface area contributed by atoms with Crippen LogP contribution in [0.2, 0.25) is 0 Å². The summed E-state index contributed by atoms with van der Waals surface area (Å²) in [7, 11) is 2.15. The lowest BCUT2D eigenvalue weighted by atomic mass is 9.74. The van der Waals surface area contributed by atoms with E-state index in [1.165, 1.54) is 22.1 Å². The number of primary amides is 1. The van der Waals surface area contributed by atoms with Crippen LogP contribution in [0.5, 0.6) is 11.5 Å². The van der Waals surface area contributed by atoms with E-state index in [0.717, 1.165) is 29.8 Å². The number of carbonyl (C=O) groups excluding carboxylic acids is 1. The molecule has 1 unspecified atom stereocenters. The van der Waals surface area contributed by atoms with Crippen molar-refractivity contribution in [2.75, 3.05) is 20.4 Å². The van der Waals surface area contributed by atoms with Crippen LogP contribution in [-0.4, -0.2) is 48.0 Å². The minimum Gasteiger partial charge on any atom is -0.454 e. The molecule has 0 bridgehead atoms. The summed E-state index contributed by atoms with van der Waals surface area (Å²) in [5.74, 6) is 1.41. The summed E-state index contributed by atoms with van der Waals surface area (Å²) < 4.78 is 16.8. The molecule has 170 valence electrons. The van der Waals surface area contributed by atoms with Crippen LogP contribution in [-0.2, 0) is 17.6 Å². The first-order valence-electron chi connectivity index (χ1n) is 11.3. The molecule has 0 radical (unpaired) electrons. The Morgan fingerprint density at radius 3 is 2.97 bits per heavy atom. The molecule has 0 saturated heterocycles. The lowest BCUT2D eigenvalue weighted by molar-refractivity contribution is -0.0135. The van der Waals surface area contributed by atoms with E-state index in [4.69, 9.17) is 19.9 Å². The SMILES string of the molecule is CN1C[C@H](C(C)(Cc2ccc3c(c2)OCO3)OC(N)=O)C=C2c3cccc4[nH]cc(c34)C[C@H]21. The predicted molar refractivity (Wildman–Crippen MR) is 125 cm³/mol. The monoisotopic (exact) mass is 445 g/mol. The van der Waals surface area contributed by atoms with Crippen LogP contribution in [0, 0.1) is 5.92 Å². The molecule has 7 heteroatoms. The number of rotatable bonds is 4. The van der Waals surface area contributed by atoms with E-state index in [1.54, 1.807) is 0 Å². The van der Waals surface area contributed by atoms with Crippen LogP contribution < -0.4 is 15.2 Å². The van der Waals surface area contributed by atoms with Gasteiger partial charge in [-0.2, -0.15) is 0 Å². The van der Waals surface area contributed by atoms with Crippen molar-refractivity contribution in [2.45, 2.75) is 31.4 Å². The fourth-order valence-electron chi connectivity index (χ4n) is 5.75. The lowest BCUT2D eigenvalue weighted by Gasteiger charge is -2.45. The third-order valence-electron chi connectivity index (χ3n) is 7.38. The molecule has 0 spiro atoms. The van der Waals surface area contributed by atoms with Crippen molar-refractivity contribution in [3.05, 3.63) is 65.4 Å². The zero-order chi connectivity index (χ0) is 22.7. The molecule has 1 aliphatic carbocycles. The number of nitrogens with zero attached hydrogens (tertiary/aromatic N) is 1. The number of hydrogen-bond donors (Lipinski definition) is 2. The molecule has 3 aliphatic rings. The second kappa shape index (κ2) is 7.28. The summed E-state index contributed by atoms with van der Waals surface area (Å²) in [5, 5.41) is 1.29. The van der Waals surface area contributed by atoms with E-state index in [2.05, 4.69) is 47.4 Å². The van der Waals surface area contributed by atoms with Crippen molar-refractivity contribution in [3.63, 3.8) is 0 Å². The quantitative estimate of drug-likeness (QED) is 0.637. The van der Waals surface area contributed by atoms with E-state index in [-0.39, 0.29) is 12.7 Å². The normalized spacial score (nSPS) is 23.0. The minimum absolute atomic E-state index is 0.0394. The number of likely N-dealkylation sites (N-methyl/N-ethyl adjacent to an activating group) is 1. The fourth-order valence-corrected chi connectivity index (χ4v) is 5.75. The number of benzene rings is 2. The maximum absolute atomic E-state index is 12.0. The highest BCUT2D eigenvalue weighted by Gasteiger charge is 2.43. The Kier molecular flexibility index (Phi) is 4.45. The number of H-pyrrole nitrogens is 1. The summed E-state index contributed by atoms with van der Waals surface area (Å²) in [6.07, 6.45) is 5.15. The summed E-state index contributed by atoms with van der Waals surface area (Å²) in [6.45, 7) is 2.96. The first kappa shape index (κ1) is 20.2. The van der Waals surface area contributed by atoms with Gasteiger partial charge < -0.3 is 24.9 Å². The summed E-state index contributed by atoms with van der Waals surface area (Å²) >= 11 is 0. The van der Waals surface area contributed by atoms with Crippen molar-refractivity contribution in [1.82, 2.24) is 9.88 Å². The number of ether oxygens (including phenoxy) is 3. The molecule has 0 saturated carbocycles. The second-order valence-electron chi connectivity index (χ2n) is 9.53. The average molecular weight is 446 g/mol. The van der Waals surface area contributed by atoms with Crippen molar-refractivity contribution in [1.29, 1.82) is 0 Å². The molecule has 0 fully saturated rings.